The van der Waals surface area contributed by atoms with Crippen molar-refractivity contribution in [2.24, 2.45) is 0 Å². The van der Waals surface area contributed by atoms with Crippen LogP contribution in [0, 0.1) is 0 Å². The molecule has 7 heteroatoms. The van der Waals surface area contributed by atoms with E-state index < -0.39 is 12.7 Å². The monoisotopic (exact) mass is 251 g/mol. The summed E-state index contributed by atoms with van der Waals surface area (Å²) < 4.78 is 41.9. The predicted molar refractivity (Wildman–Crippen MR) is 56.5 cm³/mol. The van der Waals surface area contributed by atoms with Gasteiger partial charge < -0.3 is 10.1 Å². The zero-order valence-corrected chi connectivity index (χ0v) is 9.63. The standard InChI is InChI=1S/C10H16F3N3O/c1-17-4-2-3-14-5-9-6-15-16(7-9)8-10(11,12)13/h6-7,14H,2-5,8H2,1H3. The fraction of sp³-hybridized carbons (Fsp3) is 0.700. The van der Waals surface area contributed by atoms with Crippen molar-refractivity contribution in [3.05, 3.63) is 18.0 Å². The van der Waals surface area contributed by atoms with Gasteiger partial charge >= 0.3 is 6.18 Å². The molecule has 1 aromatic heterocycles. The Morgan fingerprint density at radius 1 is 1.47 bits per heavy atom. The Morgan fingerprint density at radius 3 is 2.88 bits per heavy atom. The van der Waals surface area contributed by atoms with Crippen LogP contribution >= 0.6 is 0 Å². The first kappa shape index (κ1) is 14.0. The van der Waals surface area contributed by atoms with Crippen LogP contribution in [0.15, 0.2) is 12.4 Å². The molecule has 0 saturated carbocycles. The average molecular weight is 251 g/mol. The summed E-state index contributed by atoms with van der Waals surface area (Å²) in [7, 11) is 1.63. The molecular formula is C10H16F3N3O. The molecule has 0 amide bonds. The van der Waals surface area contributed by atoms with Gasteiger partial charge in [0.1, 0.15) is 6.54 Å². The van der Waals surface area contributed by atoms with Crippen LogP contribution in [0.25, 0.3) is 0 Å². The van der Waals surface area contributed by atoms with Crippen LogP contribution in [0.5, 0.6) is 0 Å². The van der Waals surface area contributed by atoms with Gasteiger partial charge in [-0.1, -0.05) is 0 Å². The fourth-order valence-corrected chi connectivity index (χ4v) is 1.34. The lowest BCUT2D eigenvalue weighted by Crippen LogP contribution is -2.18. The SMILES string of the molecule is COCCCNCc1cnn(CC(F)(F)F)c1. The van der Waals surface area contributed by atoms with Gasteiger partial charge in [-0.3, -0.25) is 4.68 Å². The highest BCUT2D eigenvalue weighted by Crippen LogP contribution is 2.16. The third-order valence-corrected chi connectivity index (χ3v) is 2.06. The third kappa shape index (κ3) is 6.28. The van der Waals surface area contributed by atoms with Gasteiger partial charge in [0.15, 0.2) is 0 Å². The first-order chi connectivity index (χ1) is 8.01. The number of hydrogen-bond acceptors (Lipinski definition) is 3. The van der Waals surface area contributed by atoms with Crippen molar-refractivity contribution in [1.82, 2.24) is 15.1 Å². The number of halogens is 3. The van der Waals surface area contributed by atoms with E-state index in [-0.39, 0.29) is 0 Å². The molecule has 0 spiro atoms. The van der Waals surface area contributed by atoms with Gasteiger partial charge in [-0.05, 0) is 13.0 Å². The van der Waals surface area contributed by atoms with Crippen LogP contribution in [-0.4, -0.2) is 36.2 Å². The minimum absolute atomic E-state index is 0.515. The van der Waals surface area contributed by atoms with E-state index in [0.29, 0.717) is 13.2 Å². The Hall–Kier alpha value is -1.08. The molecule has 0 bridgehead atoms. The quantitative estimate of drug-likeness (QED) is 0.748. The summed E-state index contributed by atoms with van der Waals surface area (Å²) in [6.45, 7) is 0.900. The second-order valence-electron chi connectivity index (χ2n) is 3.68. The summed E-state index contributed by atoms with van der Waals surface area (Å²) in [4.78, 5) is 0. The molecule has 0 aliphatic carbocycles. The van der Waals surface area contributed by atoms with Crippen LogP contribution in [0.1, 0.15) is 12.0 Å². The summed E-state index contributed by atoms with van der Waals surface area (Å²) in [6, 6.07) is 0. The first-order valence-electron chi connectivity index (χ1n) is 5.29. The van der Waals surface area contributed by atoms with Crippen LogP contribution in [0.4, 0.5) is 13.2 Å². The molecule has 1 heterocycles. The lowest BCUT2D eigenvalue weighted by molar-refractivity contribution is -0.142. The molecule has 17 heavy (non-hydrogen) atoms. The molecule has 0 fully saturated rings. The molecule has 1 N–H and O–H groups in total. The van der Waals surface area contributed by atoms with E-state index in [4.69, 9.17) is 4.74 Å². The van der Waals surface area contributed by atoms with Crippen molar-refractivity contribution in [3.63, 3.8) is 0 Å². The molecule has 0 atom stereocenters. The number of methoxy groups -OCH3 is 1. The normalized spacial score (nSPS) is 12.0. The number of rotatable bonds is 7. The number of hydrogen-bond donors (Lipinski definition) is 1. The zero-order valence-electron chi connectivity index (χ0n) is 9.63. The predicted octanol–water partition coefficient (Wildman–Crippen LogP) is 1.57. The molecule has 0 saturated heterocycles. The minimum atomic E-state index is -4.23. The minimum Gasteiger partial charge on any atom is -0.385 e. The van der Waals surface area contributed by atoms with E-state index in [1.54, 1.807) is 7.11 Å². The number of aromatic nitrogens is 2. The van der Waals surface area contributed by atoms with Gasteiger partial charge in [0.05, 0.1) is 6.20 Å². The van der Waals surface area contributed by atoms with E-state index in [1.165, 1.54) is 12.4 Å². The van der Waals surface area contributed by atoms with Crippen LogP contribution < -0.4 is 5.32 Å². The third-order valence-electron chi connectivity index (χ3n) is 2.06. The maximum absolute atomic E-state index is 12.1. The summed E-state index contributed by atoms with van der Waals surface area (Å²) in [5.41, 5.74) is 0.742. The molecule has 1 aromatic rings. The average Bonchev–Trinajstić information content (AvgIpc) is 2.63. The summed E-state index contributed by atoms with van der Waals surface area (Å²) in [5.74, 6) is 0. The molecule has 0 aliphatic heterocycles. The van der Waals surface area contributed by atoms with E-state index in [1.807, 2.05) is 0 Å². The Labute approximate surface area is 97.8 Å². The molecule has 0 aromatic carbocycles. The Kier molecular flexibility index (Phi) is 5.43. The summed E-state index contributed by atoms with van der Waals surface area (Å²) in [5, 5.41) is 6.75. The zero-order chi connectivity index (χ0) is 12.7. The smallest absolute Gasteiger partial charge is 0.385 e. The maximum Gasteiger partial charge on any atom is 0.408 e. The second-order valence-corrected chi connectivity index (χ2v) is 3.68. The summed E-state index contributed by atoms with van der Waals surface area (Å²) >= 11 is 0. The van der Waals surface area contributed by atoms with Crippen molar-refractivity contribution in [2.75, 3.05) is 20.3 Å². The van der Waals surface area contributed by atoms with Gasteiger partial charge in [-0.15, -0.1) is 0 Å². The van der Waals surface area contributed by atoms with Gasteiger partial charge in [0.2, 0.25) is 0 Å². The number of ether oxygens (including phenoxy) is 1. The van der Waals surface area contributed by atoms with Crippen molar-refractivity contribution < 1.29 is 17.9 Å². The number of nitrogens with zero attached hydrogens (tertiary/aromatic N) is 2. The number of alkyl halides is 3. The molecule has 4 nitrogen and oxygen atoms in total. The lowest BCUT2D eigenvalue weighted by Gasteiger charge is -2.05. The molecule has 98 valence electrons. The lowest BCUT2D eigenvalue weighted by atomic mass is 10.3. The van der Waals surface area contributed by atoms with Gasteiger partial charge in [0, 0.05) is 32.0 Å². The maximum atomic E-state index is 12.1. The molecule has 0 aliphatic rings. The largest absolute Gasteiger partial charge is 0.408 e. The Balaban J connectivity index is 2.26. The van der Waals surface area contributed by atoms with Crippen molar-refractivity contribution in [1.29, 1.82) is 0 Å². The van der Waals surface area contributed by atoms with Crippen LogP contribution in [0.3, 0.4) is 0 Å². The van der Waals surface area contributed by atoms with E-state index in [0.717, 1.165) is 23.2 Å². The Morgan fingerprint density at radius 2 is 2.24 bits per heavy atom. The highest BCUT2D eigenvalue weighted by atomic mass is 19.4. The molecular weight excluding hydrogens is 235 g/mol. The van der Waals surface area contributed by atoms with E-state index in [9.17, 15) is 13.2 Å². The van der Waals surface area contributed by atoms with Gasteiger partial charge in [-0.25, -0.2) is 0 Å². The topological polar surface area (TPSA) is 39.1 Å². The van der Waals surface area contributed by atoms with E-state index in [2.05, 4.69) is 10.4 Å². The summed E-state index contributed by atoms with van der Waals surface area (Å²) in [6.07, 6.45) is -0.520. The van der Waals surface area contributed by atoms with Crippen molar-refractivity contribution >= 4 is 0 Å². The Bertz CT molecular complexity index is 325. The van der Waals surface area contributed by atoms with Crippen molar-refractivity contribution in [2.45, 2.75) is 25.7 Å². The molecule has 1 rings (SSSR count). The molecule has 0 unspecified atom stereocenters. The van der Waals surface area contributed by atoms with E-state index >= 15 is 0 Å². The van der Waals surface area contributed by atoms with Crippen LogP contribution in [0.2, 0.25) is 0 Å². The number of nitrogens with one attached hydrogen (secondary N) is 1. The van der Waals surface area contributed by atoms with Crippen LogP contribution in [-0.2, 0) is 17.8 Å². The fourth-order valence-electron chi connectivity index (χ4n) is 1.34. The second kappa shape index (κ2) is 6.61. The molecule has 0 radical (unpaired) electrons. The first-order valence-corrected chi connectivity index (χ1v) is 5.29. The highest BCUT2D eigenvalue weighted by Gasteiger charge is 2.28. The highest BCUT2D eigenvalue weighted by molar-refractivity contribution is 5.03. The van der Waals surface area contributed by atoms with Gasteiger partial charge in [0.25, 0.3) is 0 Å². The van der Waals surface area contributed by atoms with Crippen molar-refractivity contribution in [3.8, 4) is 0 Å². The van der Waals surface area contributed by atoms with Gasteiger partial charge in [-0.2, -0.15) is 18.3 Å².